The summed E-state index contributed by atoms with van der Waals surface area (Å²) in [6.45, 7) is 3.96. The number of hydrogen-bond acceptors (Lipinski definition) is 4. The fourth-order valence-corrected chi connectivity index (χ4v) is 3.07. The molecule has 7 heteroatoms. The van der Waals surface area contributed by atoms with Crippen molar-refractivity contribution < 1.29 is 9.18 Å². The predicted octanol–water partition coefficient (Wildman–Crippen LogP) is 1.92. The Morgan fingerprint density at radius 3 is 2.79 bits per heavy atom. The van der Waals surface area contributed by atoms with Gasteiger partial charge in [0, 0.05) is 19.2 Å². The second-order valence-electron chi connectivity index (χ2n) is 6.20. The zero-order chi connectivity index (χ0) is 17.1. The number of aromatic nitrogens is 3. The lowest BCUT2D eigenvalue weighted by Gasteiger charge is -2.23. The minimum absolute atomic E-state index is 0.200. The van der Waals surface area contributed by atoms with Gasteiger partial charge in [-0.2, -0.15) is 0 Å². The van der Waals surface area contributed by atoms with Crippen LogP contribution in [-0.4, -0.2) is 45.9 Å². The molecule has 3 rings (SSSR count). The van der Waals surface area contributed by atoms with E-state index >= 15 is 0 Å². The largest absolute Gasteiger partial charge is 0.336 e. The van der Waals surface area contributed by atoms with E-state index in [9.17, 15) is 9.18 Å². The zero-order valence-electron chi connectivity index (χ0n) is 14.0. The van der Waals surface area contributed by atoms with Gasteiger partial charge in [-0.15, -0.1) is 5.10 Å². The van der Waals surface area contributed by atoms with E-state index in [1.807, 2.05) is 11.6 Å². The monoisotopic (exact) mass is 331 g/mol. The summed E-state index contributed by atoms with van der Waals surface area (Å²) in [7, 11) is 1.65. The van der Waals surface area contributed by atoms with Gasteiger partial charge in [0.1, 0.15) is 5.82 Å². The molecule has 0 saturated carbocycles. The summed E-state index contributed by atoms with van der Waals surface area (Å²) >= 11 is 0. The van der Waals surface area contributed by atoms with Crippen LogP contribution < -0.4 is 5.32 Å². The highest BCUT2D eigenvalue weighted by atomic mass is 19.1. The van der Waals surface area contributed by atoms with Crippen LogP contribution in [0, 0.1) is 12.7 Å². The van der Waals surface area contributed by atoms with Gasteiger partial charge >= 0.3 is 0 Å². The summed E-state index contributed by atoms with van der Waals surface area (Å²) < 4.78 is 15.6. The van der Waals surface area contributed by atoms with Crippen LogP contribution in [0.3, 0.4) is 0 Å². The van der Waals surface area contributed by atoms with Crippen LogP contribution in [0.15, 0.2) is 24.3 Å². The molecule has 1 saturated heterocycles. The van der Waals surface area contributed by atoms with Gasteiger partial charge < -0.3 is 10.2 Å². The molecule has 0 bridgehead atoms. The van der Waals surface area contributed by atoms with E-state index in [-0.39, 0.29) is 24.3 Å². The standard InChI is InChI=1S/C17H22FN5O/c1-12-16(20-21-23(12)14-7-9-19-10-8-14)17(24)22(2)11-13-5-3-4-6-15(13)18/h3-6,14,19H,7-11H2,1-2H3. The lowest BCUT2D eigenvalue weighted by atomic mass is 10.1. The Kier molecular flexibility index (Phi) is 4.89. The molecule has 0 unspecified atom stereocenters. The number of rotatable bonds is 4. The number of carbonyl (C=O) groups is 1. The first-order valence-corrected chi connectivity index (χ1v) is 8.19. The van der Waals surface area contributed by atoms with Crippen molar-refractivity contribution in [3.05, 3.63) is 47.0 Å². The molecule has 0 radical (unpaired) electrons. The van der Waals surface area contributed by atoms with Crippen LogP contribution in [0.4, 0.5) is 4.39 Å². The van der Waals surface area contributed by atoms with Gasteiger partial charge in [-0.1, -0.05) is 23.4 Å². The molecule has 0 spiro atoms. The van der Waals surface area contributed by atoms with E-state index in [1.165, 1.54) is 11.0 Å². The molecule has 1 aromatic heterocycles. The molecule has 1 N–H and O–H groups in total. The molecule has 1 aromatic carbocycles. The zero-order valence-corrected chi connectivity index (χ0v) is 14.0. The molecule has 24 heavy (non-hydrogen) atoms. The third kappa shape index (κ3) is 3.31. The van der Waals surface area contributed by atoms with E-state index in [0.717, 1.165) is 31.6 Å². The van der Waals surface area contributed by atoms with Gasteiger partial charge in [-0.05, 0) is 38.9 Å². The van der Waals surface area contributed by atoms with Gasteiger partial charge in [-0.3, -0.25) is 4.79 Å². The number of carbonyl (C=O) groups excluding carboxylic acids is 1. The first kappa shape index (κ1) is 16.6. The lowest BCUT2D eigenvalue weighted by molar-refractivity contribution is 0.0777. The SMILES string of the molecule is Cc1c(C(=O)N(C)Cc2ccccc2F)nnn1C1CCNCC1. The number of nitrogens with one attached hydrogen (secondary N) is 1. The Bertz CT molecular complexity index is 724. The molecule has 6 nitrogen and oxygen atoms in total. The van der Waals surface area contributed by atoms with Crippen molar-refractivity contribution >= 4 is 5.91 Å². The Morgan fingerprint density at radius 2 is 2.08 bits per heavy atom. The van der Waals surface area contributed by atoms with Crippen LogP contribution in [0.1, 0.15) is 40.6 Å². The third-order valence-corrected chi connectivity index (χ3v) is 4.50. The van der Waals surface area contributed by atoms with Gasteiger partial charge in [-0.25, -0.2) is 9.07 Å². The summed E-state index contributed by atoms with van der Waals surface area (Å²) in [6.07, 6.45) is 1.95. The number of amides is 1. The summed E-state index contributed by atoms with van der Waals surface area (Å²) in [5, 5.41) is 11.6. The molecule has 1 aliphatic rings. The van der Waals surface area contributed by atoms with E-state index in [1.54, 1.807) is 25.2 Å². The highest BCUT2D eigenvalue weighted by molar-refractivity contribution is 5.93. The number of benzene rings is 1. The maximum atomic E-state index is 13.8. The molecule has 1 amide bonds. The Morgan fingerprint density at radius 1 is 1.38 bits per heavy atom. The van der Waals surface area contributed by atoms with E-state index in [2.05, 4.69) is 15.6 Å². The highest BCUT2D eigenvalue weighted by Crippen LogP contribution is 2.21. The average molecular weight is 331 g/mol. The third-order valence-electron chi connectivity index (χ3n) is 4.50. The molecular formula is C17H22FN5O. The van der Waals surface area contributed by atoms with E-state index < -0.39 is 0 Å². The molecular weight excluding hydrogens is 309 g/mol. The van der Waals surface area contributed by atoms with Crippen molar-refractivity contribution in [3.63, 3.8) is 0 Å². The number of halogens is 1. The van der Waals surface area contributed by atoms with Gasteiger partial charge in [0.05, 0.1) is 11.7 Å². The van der Waals surface area contributed by atoms with Crippen molar-refractivity contribution in [2.45, 2.75) is 32.4 Å². The number of piperidine rings is 1. The number of hydrogen-bond donors (Lipinski definition) is 1. The van der Waals surface area contributed by atoms with Crippen LogP contribution in [0.5, 0.6) is 0 Å². The maximum absolute atomic E-state index is 13.8. The van der Waals surface area contributed by atoms with Crippen molar-refractivity contribution in [2.75, 3.05) is 20.1 Å². The molecule has 1 aliphatic heterocycles. The smallest absolute Gasteiger partial charge is 0.276 e. The topological polar surface area (TPSA) is 63.1 Å². The Balaban J connectivity index is 1.75. The molecule has 1 fully saturated rings. The van der Waals surface area contributed by atoms with Gasteiger partial charge in [0.15, 0.2) is 5.69 Å². The Hall–Kier alpha value is -2.28. The fourth-order valence-electron chi connectivity index (χ4n) is 3.07. The predicted molar refractivity (Wildman–Crippen MR) is 88.1 cm³/mol. The first-order valence-electron chi connectivity index (χ1n) is 8.19. The van der Waals surface area contributed by atoms with E-state index in [4.69, 9.17) is 0 Å². The normalized spacial score (nSPS) is 15.5. The summed E-state index contributed by atoms with van der Waals surface area (Å²) in [5.74, 6) is -0.553. The number of nitrogens with zero attached hydrogens (tertiary/aromatic N) is 4. The summed E-state index contributed by atoms with van der Waals surface area (Å²) in [4.78, 5) is 14.1. The maximum Gasteiger partial charge on any atom is 0.276 e. The average Bonchev–Trinajstić information content (AvgIpc) is 2.98. The summed E-state index contributed by atoms with van der Waals surface area (Å²) in [5.41, 5.74) is 1.59. The Labute approximate surface area is 140 Å². The van der Waals surface area contributed by atoms with Crippen LogP contribution in [-0.2, 0) is 6.54 Å². The van der Waals surface area contributed by atoms with Crippen LogP contribution in [0.2, 0.25) is 0 Å². The summed E-state index contributed by atoms with van der Waals surface area (Å²) in [6, 6.07) is 6.74. The molecule has 0 atom stereocenters. The highest BCUT2D eigenvalue weighted by Gasteiger charge is 2.25. The molecule has 2 aromatic rings. The molecule has 2 heterocycles. The van der Waals surface area contributed by atoms with E-state index in [0.29, 0.717) is 11.3 Å². The second kappa shape index (κ2) is 7.09. The van der Waals surface area contributed by atoms with Gasteiger partial charge in [0.2, 0.25) is 0 Å². The van der Waals surface area contributed by atoms with Crippen LogP contribution >= 0.6 is 0 Å². The van der Waals surface area contributed by atoms with Crippen molar-refractivity contribution in [1.82, 2.24) is 25.2 Å². The quantitative estimate of drug-likeness (QED) is 0.930. The van der Waals surface area contributed by atoms with Crippen molar-refractivity contribution in [3.8, 4) is 0 Å². The van der Waals surface area contributed by atoms with Gasteiger partial charge in [0.25, 0.3) is 5.91 Å². The molecule has 128 valence electrons. The van der Waals surface area contributed by atoms with Crippen molar-refractivity contribution in [2.24, 2.45) is 0 Å². The van der Waals surface area contributed by atoms with Crippen molar-refractivity contribution in [1.29, 1.82) is 0 Å². The lowest BCUT2D eigenvalue weighted by Crippen LogP contribution is -2.31. The first-order chi connectivity index (χ1) is 11.6. The fraction of sp³-hybridized carbons (Fsp3) is 0.471. The molecule has 0 aliphatic carbocycles. The minimum Gasteiger partial charge on any atom is -0.336 e. The minimum atomic E-state index is -0.313. The van der Waals surface area contributed by atoms with Crippen LogP contribution in [0.25, 0.3) is 0 Å². The second-order valence-corrected chi connectivity index (χ2v) is 6.20.